The molecule has 13 heavy (non-hydrogen) atoms. The molecule has 0 atom stereocenters. The van der Waals surface area contributed by atoms with Crippen molar-refractivity contribution < 1.29 is 9.53 Å². The van der Waals surface area contributed by atoms with Crippen molar-refractivity contribution in [1.29, 1.82) is 0 Å². The minimum absolute atomic E-state index is 0.293. The Balaban J connectivity index is 3.07. The van der Waals surface area contributed by atoms with Gasteiger partial charge >= 0.3 is 5.43 Å². The molecule has 1 aromatic rings. The standard InChI is InChI=1S/C9H8Cl2O2/c1-6-3-2-4-7(5-10)8(6)13-9(11)12/h2-4H,5H2,1H3. The van der Waals surface area contributed by atoms with Crippen molar-refractivity contribution in [1.82, 2.24) is 0 Å². The molecule has 0 saturated carbocycles. The molecule has 0 unspecified atom stereocenters. The molecule has 0 heterocycles. The second kappa shape index (κ2) is 4.49. The van der Waals surface area contributed by atoms with E-state index in [1.54, 1.807) is 6.07 Å². The molecule has 0 N–H and O–H groups in total. The lowest BCUT2D eigenvalue weighted by atomic mass is 10.1. The van der Waals surface area contributed by atoms with Crippen LogP contribution in [-0.2, 0) is 5.88 Å². The average Bonchev–Trinajstić information content (AvgIpc) is 2.08. The summed E-state index contributed by atoms with van der Waals surface area (Å²) in [6.07, 6.45) is 0. The minimum atomic E-state index is -0.847. The van der Waals surface area contributed by atoms with E-state index < -0.39 is 5.43 Å². The van der Waals surface area contributed by atoms with Gasteiger partial charge in [0.2, 0.25) is 0 Å². The first-order valence-corrected chi connectivity index (χ1v) is 4.58. The number of hydrogen-bond acceptors (Lipinski definition) is 2. The lowest BCUT2D eigenvalue weighted by Crippen LogP contribution is -2.00. The molecule has 0 saturated heterocycles. The van der Waals surface area contributed by atoms with Crippen LogP contribution in [0.1, 0.15) is 11.1 Å². The molecule has 0 spiro atoms. The summed E-state index contributed by atoms with van der Waals surface area (Å²) in [7, 11) is 0. The van der Waals surface area contributed by atoms with Gasteiger partial charge in [-0.25, -0.2) is 4.79 Å². The molecule has 0 aliphatic rings. The van der Waals surface area contributed by atoms with Gasteiger partial charge in [-0.2, -0.15) is 0 Å². The number of para-hydroxylation sites is 1. The third-order valence-corrected chi connectivity index (χ3v) is 1.98. The summed E-state index contributed by atoms with van der Waals surface area (Å²) in [5.41, 5.74) is 0.753. The molecule has 0 fully saturated rings. The highest BCUT2D eigenvalue weighted by atomic mass is 35.5. The van der Waals surface area contributed by atoms with E-state index in [0.717, 1.165) is 11.1 Å². The van der Waals surface area contributed by atoms with Gasteiger partial charge in [-0.05, 0) is 12.5 Å². The topological polar surface area (TPSA) is 26.3 Å². The molecule has 0 bridgehead atoms. The molecule has 0 aliphatic heterocycles. The van der Waals surface area contributed by atoms with Crippen molar-refractivity contribution in [2.45, 2.75) is 12.8 Å². The molecule has 1 rings (SSSR count). The van der Waals surface area contributed by atoms with E-state index in [1.807, 2.05) is 19.1 Å². The van der Waals surface area contributed by atoms with Gasteiger partial charge in [0.1, 0.15) is 5.75 Å². The Kier molecular flexibility index (Phi) is 3.58. The molecular weight excluding hydrogens is 211 g/mol. The van der Waals surface area contributed by atoms with Gasteiger partial charge in [-0.15, -0.1) is 11.6 Å². The van der Waals surface area contributed by atoms with E-state index in [2.05, 4.69) is 0 Å². The fourth-order valence-corrected chi connectivity index (χ4v) is 1.33. The lowest BCUT2D eigenvalue weighted by molar-refractivity contribution is 0.225. The average molecular weight is 219 g/mol. The van der Waals surface area contributed by atoms with E-state index >= 15 is 0 Å². The van der Waals surface area contributed by atoms with Crippen molar-refractivity contribution in [2.24, 2.45) is 0 Å². The summed E-state index contributed by atoms with van der Waals surface area (Å²) in [6, 6.07) is 5.46. The summed E-state index contributed by atoms with van der Waals surface area (Å²) in [5.74, 6) is 0.749. The minimum Gasteiger partial charge on any atom is -0.414 e. The van der Waals surface area contributed by atoms with Gasteiger partial charge in [0.15, 0.2) is 0 Å². The van der Waals surface area contributed by atoms with E-state index in [-0.39, 0.29) is 0 Å². The van der Waals surface area contributed by atoms with Crippen LogP contribution in [0.3, 0.4) is 0 Å². The van der Waals surface area contributed by atoms with E-state index in [4.69, 9.17) is 27.9 Å². The zero-order valence-electron chi connectivity index (χ0n) is 7.01. The predicted octanol–water partition coefficient (Wildman–Crippen LogP) is 3.47. The smallest absolute Gasteiger partial charge is 0.409 e. The van der Waals surface area contributed by atoms with E-state index in [0.29, 0.717) is 11.6 Å². The first-order chi connectivity index (χ1) is 6.15. The van der Waals surface area contributed by atoms with Crippen molar-refractivity contribution in [3.05, 3.63) is 29.3 Å². The third kappa shape index (κ3) is 2.61. The second-order valence-corrected chi connectivity index (χ2v) is 3.11. The maximum absolute atomic E-state index is 10.5. The van der Waals surface area contributed by atoms with Crippen LogP contribution in [0.4, 0.5) is 4.79 Å². The Morgan fingerprint density at radius 2 is 2.23 bits per heavy atom. The molecule has 0 aliphatic carbocycles. The monoisotopic (exact) mass is 218 g/mol. The molecular formula is C9H8Cl2O2. The zero-order chi connectivity index (χ0) is 9.84. The van der Waals surface area contributed by atoms with Crippen molar-refractivity contribution in [3.8, 4) is 5.75 Å². The summed E-state index contributed by atoms with van der Waals surface area (Å²) >= 11 is 10.8. The van der Waals surface area contributed by atoms with Gasteiger partial charge < -0.3 is 4.74 Å². The number of carbonyl (C=O) groups excluding carboxylic acids is 1. The quantitative estimate of drug-likeness (QED) is 0.562. The van der Waals surface area contributed by atoms with Crippen LogP contribution in [0.15, 0.2) is 18.2 Å². The zero-order valence-corrected chi connectivity index (χ0v) is 8.52. The van der Waals surface area contributed by atoms with Crippen LogP contribution in [-0.4, -0.2) is 5.43 Å². The molecule has 0 radical (unpaired) electrons. The van der Waals surface area contributed by atoms with E-state index in [9.17, 15) is 4.79 Å². The van der Waals surface area contributed by atoms with Crippen LogP contribution in [0.25, 0.3) is 0 Å². The second-order valence-electron chi connectivity index (χ2n) is 2.54. The normalized spacial score (nSPS) is 9.77. The van der Waals surface area contributed by atoms with Gasteiger partial charge in [0.25, 0.3) is 0 Å². The first kappa shape index (κ1) is 10.4. The van der Waals surface area contributed by atoms with Gasteiger partial charge in [-0.1, -0.05) is 18.2 Å². The van der Waals surface area contributed by atoms with Crippen LogP contribution < -0.4 is 4.74 Å². The number of aryl methyl sites for hydroxylation is 1. The number of rotatable bonds is 2. The highest BCUT2D eigenvalue weighted by molar-refractivity contribution is 6.61. The fourth-order valence-electron chi connectivity index (χ4n) is 1.04. The molecule has 2 nitrogen and oxygen atoms in total. The Bertz CT molecular complexity index is 323. The Morgan fingerprint density at radius 1 is 1.54 bits per heavy atom. The largest absolute Gasteiger partial charge is 0.414 e. The van der Waals surface area contributed by atoms with Crippen molar-refractivity contribution >= 4 is 28.6 Å². The van der Waals surface area contributed by atoms with Crippen molar-refractivity contribution in [2.75, 3.05) is 0 Å². The molecule has 70 valence electrons. The highest BCUT2D eigenvalue weighted by Gasteiger charge is 2.08. The molecule has 0 aromatic heterocycles. The molecule has 0 amide bonds. The molecule has 4 heteroatoms. The maximum atomic E-state index is 10.5. The summed E-state index contributed by atoms with van der Waals surface area (Å²) in [5, 5.41) is 0. The number of halogens is 2. The van der Waals surface area contributed by atoms with Crippen LogP contribution in [0.5, 0.6) is 5.75 Å². The number of ether oxygens (including phenoxy) is 1. The predicted molar refractivity (Wildman–Crippen MR) is 52.6 cm³/mol. The van der Waals surface area contributed by atoms with E-state index in [1.165, 1.54) is 0 Å². The highest BCUT2D eigenvalue weighted by Crippen LogP contribution is 2.25. The Hall–Kier alpha value is -0.730. The maximum Gasteiger partial charge on any atom is 0.409 e. The number of carbonyl (C=O) groups is 1. The van der Waals surface area contributed by atoms with Crippen molar-refractivity contribution in [3.63, 3.8) is 0 Å². The van der Waals surface area contributed by atoms with Crippen LogP contribution in [0, 0.1) is 6.92 Å². The first-order valence-electron chi connectivity index (χ1n) is 3.67. The summed E-state index contributed by atoms with van der Waals surface area (Å²) < 4.78 is 4.81. The third-order valence-electron chi connectivity index (χ3n) is 1.62. The fraction of sp³-hybridized carbons (Fsp3) is 0.222. The molecule has 1 aromatic carbocycles. The van der Waals surface area contributed by atoms with Crippen LogP contribution in [0.2, 0.25) is 0 Å². The Labute approximate surface area is 86.4 Å². The van der Waals surface area contributed by atoms with Gasteiger partial charge in [-0.3, -0.25) is 0 Å². The van der Waals surface area contributed by atoms with Crippen LogP contribution >= 0.6 is 23.2 Å². The Morgan fingerprint density at radius 3 is 2.77 bits per heavy atom. The number of benzene rings is 1. The lowest BCUT2D eigenvalue weighted by Gasteiger charge is -2.08. The summed E-state index contributed by atoms with van der Waals surface area (Å²) in [6.45, 7) is 1.82. The number of hydrogen-bond donors (Lipinski definition) is 0. The van der Waals surface area contributed by atoms with Gasteiger partial charge in [0.05, 0.1) is 5.88 Å². The number of alkyl halides is 1. The summed E-state index contributed by atoms with van der Waals surface area (Å²) in [4.78, 5) is 10.5. The SMILES string of the molecule is Cc1cccc(CCl)c1OC(=O)Cl. The van der Waals surface area contributed by atoms with Gasteiger partial charge in [0, 0.05) is 17.2 Å².